The highest BCUT2D eigenvalue weighted by molar-refractivity contribution is 6.02. The molecular weight excluding hydrogens is 353 g/mol. The fraction of sp³-hybridized carbons (Fsp3) is 0.292. The van der Waals surface area contributed by atoms with Gasteiger partial charge in [-0.05, 0) is 64.5 Å². The highest BCUT2D eigenvalue weighted by Gasteiger charge is 2.19. The third kappa shape index (κ3) is 4.16. The van der Waals surface area contributed by atoms with Gasteiger partial charge in [0.15, 0.2) is 0 Å². The number of nitrogens with zero attached hydrogens (tertiary/aromatic N) is 1. The predicted molar refractivity (Wildman–Crippen MR) is 113 cm³/mol. The van der Waals surface area contributed by atoms with Gasteiger partial charge in [0, 0.05) is 28.6 Å². The van der Waals surface area contributed by atoms with Gasteiger partial charge in [0.1, 0.15) is 11.4 Å². The minimum atomic E-state index is -0.550. The summed E-state index contributed by atoms with van der Waals surface area (Å²) in [6.45, 7) is 9.73. The summed E-state index contributed by atoms with van der Waals surface area (Å²) in [7, 11) is 0. The fourth-order valence-electron chi connectivity index (χ4n) is 3.41. The van der Waals surface area contributed by atoms with Crippen LogP contribution in [-0.2, 0) is 9.53 Å². The van der Waals surface area contributed by atoms with E-state index in [-0.39, 0.29) is 11.9 Å². The molecular formula is C24H26FNO2. The van der Waals surface area contributed by atoms with E-state index in [0.29, 0.717) is 0 Å². The van der Waals surface area contributed by atoms with Crippen molar-refractivity contribution >= 4 is 22.9 Å². The van der Waals surface area contributed by atoms with Crippen LogP contribution in [0.1, 0.15) is 46.4 Å². The Bertz CT molecular complexity index is 1020. The number of hydrogen-bond acceptors (Lipinski definition) is 2. The van der Waals surface area contributed by atoms with Crippen molar-refractivity contribution in [1.29, 1.82) is 0 Å². The van der Waals surface area contributed by atoms with Crippen molar-refractivity contribution in [3.8, 4) is 11.1 Å². The van der Waals surface area contributed by atoms with Crippen LogP contribution in [0.25, 0.3) is 28.1 Å². The molecule has 3 aromatic rings. The standard InChI is InChI=1S/C24H26FNO2/c1-16(2)26-20-9-7-6-8-19(20)23(17-10-12-18(25)13-11-17)21(26)14-15-22(27)28-24(3,4)5/h6-16H,1-5H3/b15-14+. The number of para-hydroxylation sites is 1. The summed E-state index contributed by atoms with van der Waals surface area (Å²) in [6, 6.07) is 14.7. The number of esters is 1. The van der Waals surface area contributed by atoms with E-state index < -0.39 is 11.6 Å². The van der Waals surface area contributed by atoms with Crippen molar-refractivity contribution in [3.05, 3.63) is 66.1 Å². The van der Waals surface area contributed by atoms with Gasteiger partial charge in [-0.2, -0.15) is 0 Å². The maximum atomic E-state index is 13.5. The zero-order valence-corrected chi connectivity index (χ0v) is 17.0. The molecule has 2 aromatic carbocycles. The van der Waals surface area contributed by atoms with Gasteiger partial charge >= 0.3 is 5.97 Å². The first kappa shape index (κ1) is 19.9. The molecule has 28 heavy (non-hydrogen) atoms. The lowest BCUT2D eigenvalue weighted by molar-refractivity contribution is -0.148. The Morgan fingerprint density at radius 2 is 1.71 bits per heavy atom. The highest BCUT2D eigenvalue weighted by Crippen LogP contribution is 2.37. The van der Waals surface area contributed by atoms with Crippen molar-refractivity contribution in [2.45, 2.75) is 46.3 Å². The highest BCUT2D eigenvalue weighted by atomic mass is 19.1. The van der Waals surface area contributed by atoms with E-state index in [0.717, 1.165) is 27.7 Å². The monoisotopic (exact) mass is 379 g/mol. The molecule has 4 heteroatoms. The molecule has 0 spiro atoms. The number of aromatic nitrogens is 1. The van der Waals surface area contributed by atoms with Gasteiger partial charge in [-0.3, -0.25) is 0 Å². The first-order valence-electron chi connectivity index (χ1n) is 9.47. The lowest BCUT2D eigenvalue weighted by atomic mass is 10.0. The first-order chi connectivity index (χ1) is 13.2. The Morgan fingerprint density at radius 3 is 2.32 bits per heavy atom. The van der Waals surface area contributed by atoms with Crippen molar-refractivity contribution in [2.75, 3.05) is 0 Å². The van der Waals surface area contributed by atoms with Gasteiger partial charge < -0.3 is 9.30 Å². The van der Waals surface area contributed by atoms with Crippen LogP contribution in [0, 0.1) is 5.82 Å². The number of halogens is 1. The second-order valence-electron chi connectivity index (χ2n) is 8.11. The zero-order valence-electron chi connectivity index (χ0n) is 17.0. The Kier molecular flexibility index (Phi) is 5.41. The summed E-state index contributed by atoms with van der Waals surface area (Å²) in [5, 5.41) is 1.06. The van der Waals surface area contributed by atoms with E-state index in [1.807, 2.05) is 32.9 Å². The molecule has 0 fully saturated rings. The molecule has 0 aliphatic rings. The molecule has 0 bridgehead atoms. The van der Waals surface area contributed by atoms with Gasteiger partial charge in [0.25, 0.3) is 0 Å². The number of hydrogen-bond donors (Lipinski definition) is 0. The molecule has 0 atom stereocenters. The van der Waals surface area contributed by atoms with E-state index in [1.165, 1.54) is 18.2 Å². The number of rotatable bonds is 4. The number of fused-ring (bicyclic) bond motifs is 1. The van der Waals surface area contributed by atoms with Gasteiger partial charge in [0.05, 0.1) is 5.69 Å². The van der Waals surface area contributed by atoms with Crippen molar-refractivity contribution in [2.24, 2.45) is 0 Å². The van der Waals surface area contributed by atoms with E-state index in [2.05, 4.69) is 30.5 Å². The van der Waals surface area contributed by atoms with Crippen molar-refractivity contribution < 1.29 is 13.9 Å². The maximum Gasteiger partial charge on any atom is 0.331 e. The molecule has 1 aromatic heterocycles. The molecule has 0 saturated heterocycles. The second-order valence-corrected chi connectivity index (χ2v) is 8.11. The Balaban J connectivity index is 2.21. The summed E-state index contributed by atoms with van der Waals surface area (Å²) in [5.41, 5.74) is 3.30. The number of ether oxygens (including phenoxy) is 1. The van der Waals surface area contributed by atoms with Crippen molar-refractivity contribution in [3.63, 3.8) is 0 Å². The van der Waals surface area contributed by atoms with Gasteiger partial charge in [-0.15, -0.1) is 0 Å². The van der Waals surface area contributed by atoms with Crippen LogP contribution in [0.2, 0.25) is 0 Å². The summed E-state index contributed by atoms with van der Waals surface area (Å²) in [4.78, 5) is 12.3. The number of carbonyl (C=O) groups is 1. The van der Waals surface area contributed by atoms with E-state index in [1.54, 1.807) is 18.2 Å². The molecule has 0 aliphatic carbocycles. The third-order valence-electron chi connectivity index (χ3n) is 4.38. The van der Waals surface area contributed by atoms with Crippen LogP contribution in [0.15, 0.2) is 54.6 Å². The van der Waals surface area contributed by atoms with Crippen LogP contribution in [0.3, 0.4) is 0 Å². The molecule has 3 nitrogen and oxygen atoms in total. The van der Waals surface area contributed by atoms with E-state index >= 15 is 0 Å². The van der Waals surface area contributed by atoms with Crippen molar-refractivity contribution in [1.82, 2.24) is 4.57 Å². The molecule has 0 amide bonds. The summed E-state index contributed by atoms with van der Waals surface area (Å²) in [6.07, 6.45) is 3.26. The third-order valence-corrected chi connectivity index (χ3v) is 4.38. The van der Waals surface area contributed by atoms with Gasteiger partial charge in [0.2, 0.25) is 0 Å². The SMILES string of the molecule is CC(C)n1c(/C=C/C(=O)OC(C)(C)C)c(-c2ccc(F)cc2)c2ccccc21. The molecule has 1 heterocycles. The van der Waals surface area contributed by atoms with Gasteiger partial charge in [-0.1, -0.05) is 30.3 Å². The molecule has 0 unspecified atom stereocenters. The van der Waals surface area contributed by atoms with Crippen LogP contribution in [-0.4, -0.2) is 16.1 Å². The van der Waals surface area contributed by atoms with E-state index in [9.17, 15) is 9.18 Å². The maximum absolute atomic E-state index is 13.5. The minimum absolute atomic E-state index is 0.178. The minimum Gasteiger partial charge on any atom is -0.457 e. The number of carbonyl (C=O) groups excluding carboxylic acids is 1. The Morgan fingerprint density at radius 1 is 1.07 bits per heavy atom. The van der Waals surface area contributed by atoms with Crippen LogP contribution in [0.5, 0.6) is 0 Å². The quantitative estimate of drug-likeness (QED) is 0.389. The van der Waals surface area contributed by atoms with Crippen LogP contribution < -0.4 is 0 Å². The average molecular weight is 379 g/mol. The molecule has 0 saturated carbocycles. The fourth-order valence-corrected chi connectivity index (χ4v) is 3.41. The van der Waals surface area contributed by atoms with Gasteiger partial charge in [-0.25, -0.2) is 9.18 Å². The lowest BCUT2D eigenvalue weighted by Crippen LogP contribution is -2.22. The molecule has 3 rings (SSSR count). The summed E-state index contributed by atoms with van der Waals surface area (Å²) >= 11 is 0. The smallest absolute Gasteiger partial charge is 0.331 e. The first-order valence-corrected chi connectivity index (χ1v) is 9.47. The lowest BCUT2D eigenvalue weighted by Gasteiger charge is -2.18. The largest absolute Gasteiger partial charge is 0.457 e. The topological polar surface area (TPSA) is 31.2 Å². The molecule has 0 radical (unpaired) electrons. The zero-order chi connectivity index (χ0) is 20.5. The second kappa shape index (κ2) is 7.63. The Hall–Kier alpha value is -2.88. The number of benzene rings is 2. The molecule has 0 aliphatic heterocycles. The average Bonchev–Trinajstić information content (AvgIpc) is 2.93. The van der Waals surface area contributed by atoms with Crippen LogP contribution in [0.4, 0.5) is 4.39 Å². The summed E-state index contributed by atoms with van der Waals surface area (Å²) in [5.74, 6) is -0.666. The van der Waals surface area contributed by atoms with E-state index in [4.69, 9.17) is 4.74 Å². The Labute approximate surface area is 165 Å². The predicted octanol–water partition coefficient (Wildman–Crippen LogP) is 6.38. The van der Waals surface area contributed by atoms with Crippen LogP contribution >= 0.6 is 0 Å². The normalized spacial score (nSPS) is 12.2. The summed E-state index contributed by atoms with van der Waals surface area (Å²) < 4.78 is 21.1. The molecule has 0 N–H and O–H groups in total. The molecule has 146 valence electrons.